The summed E-state index contributed by atoms with van der Waals surface area (Å²) in [7, 11) is 0. The van der Waals surface area contributed by atoms with E-state index < -0.39 is 0 Å². The first-order valence-corrected chi connectivity index (χ1v) is 16.7. The zero-order valence-electron chi connectivity index (χ0n) is 24.8. The predicted octanol–water partition coefficient (Wildman–Crippen LogP) is 11.7. The van der Waals surface area contributed by atoms with Crippen LogP contribution in [0.4, 0.5) is 11.4 Å². The van der Waals surface area contributed by atoms with Gasteiger partial charge < -0.3 is 13.7 Å². The molecule has 11 rings (SSSR count). The first kappa shape index (κ1) is 24.7. The van der Waals surface area contributed by atoms with E-state index in [4.69, 9.17) is 4.42 Å². The fourth-order valence-corrected chi connectivity index (χ4v) is 9.23. The molecule has 1 aliphatic rings. The molecule has 4 heterocycles. The Bertz CT molecular complexity index is 2870. The highest BCUT2D eigenvalue weighted by atomic mass is 32.1. The lowest BCUT2D eigenvalue weighted by Crippen LogP contribution is -2.32. The van der Waals surface area contributed by atoms with Crippen molar-refractivity contribution in [3.05, 3.63) is 144 Å². The summed E-state index contributed by atoms with van der Waals surface area (Å²) in [4.78, 5) is 3.89. The molecule has 46 heavy (non-hydrogen) atoms. The van der Waals surface area contributed by atoms with Crippen molar-refractivity contribution in [3.63, 3.8) is 0 Å². The minimum absolute atomic E-state index is 0.141. The zero-order valence-corrected chi connectivity index (χ0v) is 25.6. The summed E-state index contributed by atoms with van der Waals surface area (Å²) in [5.41, 5.74) is 9.40. The normalized spacial score (nSPS) is 15.0. The van der Waals surface area contributed by atoms with E-state index in [1.807, 2.05) is 17.4 Å². The van der Waals surface area contributed by atoms with Gasteiger partial charge in [-0.3, -0.25) is 0 Å². The molecule has 216 valence electrons. The topological polar surface area (TPSA) is 20.8 Å². The van der Waals surface area contributed by atoms with Crippen LogP contribution in [0.1, 0.15) is 10.4 Å². The van der Waals surface area contributed by atoms with Gasteiger partial charge in [-0.1, -0.05) is 78.9 Å². The molecule has 3 nitrogen and oxygen atoms in total. The molecule has 0 radical (unpaired) electrons. The molecule has 0 bridgehead atoms. The average molecular weight is 607 g/mol. The quantitative estimate of drug-likeness (QED) is 0.199. The summed E-state index contributed by atoms with van der Waals surface area (Å²) in [5, 5.41) is 8.87. The Labute approximate surface area is 268 Å². The third-order valence-electron chi connectivity index (χ3n) is 10.1. The number of para-hydroxylation sites is 3. The number of hydrogen-bond acceptors (Lipinski definition) is 3. The van der Waals surface area contributed by atoms with E-state index in [-0.39, 0.29) is 6.04 Å². The standard InChI is InChI=1S/C42H26N2OS/c1-4-13-36-28(8-1)32-11-7-12-33-34-22-25(17-20-37(34)44(36)42(32)33)43(26-18-21-41-35(23-26)31-10-3-6-15-40(31)46-41)27-16-19-30-29-9-2-5-14-38(29)45-39(30)24-27/h1-22,24,26H,23H2. The number of benzene rings is 6. The molecule has 0 N–H and O–H groups in total. The van der Waals surface area contributed by atoms with E-state index in [9.17, 15) is 0 Å². The van der Waals surface area contributed by atoms with Gasteiger partial charge in [0.05, 0.1) is 22.6 Å². The van der Waals surface area contributed by atoms with Crippen LogP contribution in [0.2, 0.25) is 0 Å². The molecule has 1 atom stereocenters. The molecule has 0 amide bonds. The smallest absolute Gasteiger partial charge is 0.137 e. The highest BCUT2D eigenvalue weighted by molar-refractivity contribution is 7.20. The van der Waals surface area contributed by atoms with E-state index in [1.165, 1.54) is 64.3 Å². The lowest BCUT2D eigenvalue weighted by molar-refractivity contribution is 0.668. The fourth-order valence-electron chi connectivity index (χ4n) is 8.08. The first-order chi connectivity index (χ1) is 22.8. The van der Waals surface area contributed by atoms with Gasteiger partial charge in [0, 0.05) is 59.3 Å². The zero-order chi connectivity index (χ0) is 29.9. The SMILES string of the molecule is C1=CC(N(c2ccc3c(c2)oc2ccccc23)c2ccc3c(c2)c2cccc4c5ccccc5n3c42)Cc2c1sc1ccccc21. The Balaban J connectivity index is 1.15. The van der Waals surface area contributed by atoms with Gasteiger partial charge in [-0.05, 0) is 72.0 Å². The molecular formula is C42H26N2OS. The van der Waals surface area contributed by atoms with Gasteiger partial charge in [0.25, 0.3) is 0 Å². The number of aromatic nitrogens is 1. The number of fused-ring (bicyclic) bond motifs is 12. The molecular weight excluding hydrogens is 581 g/mol. The van der Waals surface area contributed by atoms with Gasteiger partial charge in [-0.15, -0.1) is 11.3 Å². The van der Waals surface area contributed by atoms with Gasteiger partial charge in [-0.25, -0.2) is 0 Å². The van der Waals surface area contributed by atoms with E-state index in [1.54, 1.807) is 0 Å². The van der Waals surface area contributed by atoms with Crippen molar-refractivity contribution in [3.8, 4) is 0 Å². The minimum Gasteiger partial charge on any atom is -0.456 e. The molecule has 4 heteroatoms. The minimum atomic E-state index is 0.141. The molecule has 1 unspecified atom stereocenters. The summed E-state index contributed by atoms with van der Waals surface area (Å²) < 4.78 is 10.2. The predicted molar refractivity (Wildman–Crippen MR) is 195 cm³/mol. The van der Waals surface area contributed by atoms with Crippen LogP contribution in [0.5, 0.6) is 0 Å². The Morgan fingerprint density at radius 1 is 0.587 bits per heavy atom. The van der Waals surface area contributed by atoms with Crippen LogP contribution in [0, 0.1) is 0 Å². The van der Waals surface area contributed by atoms with Gasteiger partial charge in [0.15, 0.2) is 0 Å². The number of furan rings is 1. The van der Waals surface area contributed by atoms with Crippen LogP contribution < -0.4 is 4.90 Å². The van der Waals surface area contributed by atoms with Gasteiger partial charge in [0.2, 0.25) is 0 Å². The molecule has 0 spiro atoms. The third kappa shape index (κ3) is 3.26. The van der Waals surface area contributed by atoms with E-state index in [0.29, 0.717) is 0 Å². The van der Waals surface area contributed by atoms with E-state index >= 15 is 0 Å². The average Bonchev–Trinajstić information content (AvgIpc) is 3.85. The van der Waals surface area contributed by atoms with Crippen LogP contribution in [-0.2, 0) is 6.42 Å². The lowest BCUT2D eigenvalue weighted by Gasteiger charge is -2.34. The van der Waals surface area contributed by atoms with Gasteiger partial charge in [0.1, 0.15) is 11.2 Å². The van der Waals surface area contributed by atoms with Crippen molar-refractivity contribution in [2.24, 2.45) is 0 Å². The second-order valence-corrected chi connectivity index (χ2v) is 13.6. The van der Waals surface area contributed by atoms with Gasteiger partial charge in [-0.2, -0.15) is 0 Å². The highest BCUT2D eigenvalue weighted by Crippen LogP contribution is 2.44. The Morgan fingerprint density at radius 3 is 2.22 bits per heavy atom. The van der Waals surface area contributed by atoms with Crippen molar-refractivity contribution >= 4 is 98.9 Å². The van der Waals surface area contributed by atoms with E-state index in [0.717, 1.165) is 34.0 Å². The maximum atomic E-state index is 6.41. The third-order valence-corrected chi connectivity index (χ3v) is 11.2. The molecule has 0 saturated heterocycles. The fraction of sp³-hybridized carbons (Fsp3) is 0.0476. The first-order valence-electron chi connectivity index (χ1n) is 15.9. The monoisotopic (exact) mass is 606 g/mol. The number of thiophene rings is 1. The van der Waals surface area contributed by atoms with E-state index in [2.05, 4.69) is 143 Å². The molecule has 0 fully saturated rings. The van der Waals surface area contributed by atoms with Crippen LogP contribution in [0.25, 0.3) is 76.2 Å². The Hall–Kier alpha value is -5.58. The molecule has 0 saturated carbocycles. The van der Waals surface area contributed by atoms with Crippen LogP contribution in [-0.4, -0.2) is 10.4 Å². The van der Waals surface area contributed by atoms with Crippen molar-refractivity contribution in [1.29, 1.82) is 0 Å². The highest BCUT2D eigenvalue weighted by Gasteiger charge is 2.27. The van der Waals surface area contributed by atoms with Crippen molar-refractivity contribution in [2.75, 3.05) is 4.90 Å². The molecule has 10 aromatic rings. The second-order valence-electron chi connectivity index (χ2n) is 12.5. The van der Waals surface area contributed by atoms with Crippen LogP contribution in [0.3, 0.4) is 0 Å². The molecule has 6 aromatic carbocycles. The maximum absolute atomic E-state index is 6.41. The van der Waals surface area contributed by atoms with Gasteiger partial charge >= 0.3 is 0 Å². The summed E-state index contributed by atoms with van der Waals surface area (Å²) in [6.45, 7) is 0. The molecule has 0 aliphatic heterocycles. The Kier molecular flexibility index (Phi) is 4.83. The van der Waals surface area contributed by atoms with Crippen LogP contribution >= 0.6 is 11.3 Å². The lowest BCUT2D eigenvalue weighted by atomic mass is 9.95. The number of nitrogens with zero attached hydrogens (tertiary/aromatic N) is 2. The largest absolute Gasteiger partial charge is 0.456 e. The molecule has 1 aliphatic carbocycles. The van der Waals surface area contributed by atoms with Crippen molar-refractivity contribution < 1.29 is 4.42 Å². The number of anilines is 2. The summed E-state index contributed by atoms with van der Waals surface area (Å²) >= 11 is 1.89. The number of hydrogen-bond donors (Lipinski definition) is 0. The van der Waals surface area contributed by atoms with Crippen molar-refractivity contribution in [1.82, 2.24) is 4.40 Å². The van der Waals surface area contributed by atoms with Crippen LogP contribution in [0.15, 0.2) is 138 Å². The van der Waals surface area contributed by atoms with Crippen molar-refractivity contribution in [2.45, 2.75) is 12.5 Å². The summed E-state index contributed by atoms with van der Waals surface area (Å²) in [5.74, 6) is 0. The number of rotatable bonds is 3. The Morgan fingerprint density at radius 2 is 1.28 bits per heavy atom. The summed E-state index contributed by atoms with van der Waals surface area (Å²) in [6, 6.07) is 46.6. The second kappa shape index (κ2) is 9.00. The summed E-state index contributed by atoms with van der Waals surface area (Å²) in [6.07, 6.45) is 5.67. The maximum Gasteiger partial charge on any atom is 0.137 e. The molecule has 4 aromatic heterocycles.